The van der Waals surface area contributed by atoms with E-state index in [0.29, 0.717) is 5.69 Å². The summed E-state index contributed by atoms with van der Waals surface area (Å²) >= 11 is 5.11. The Hall–Kier alpha value is -2.68. The van der Waals surface area contributed by atoms with E-state index in [-0.39, 0.29) is 16.4 Å². The molecule has 29 heavy (non-hydrogen) atoms. The van der Waals surface area contributed by atoms with Crippen molar-refractivity contribution in [2.75, 3.05) is 23.3 Å². The lowest BCUT2D eigenvalue weighted by Crippen LogP contribution is -2.35. The van der Waals surface area contributed by atoms with Gasteiger partial charge in [0.15, 0.2) is 5.11 Å². The number of rotatable bonds is 3. The van der Waals surface area contributed by atoms with Crippen LogP contribution in [0.3, 0.4) is 0 Å². The van der Waals surface area contributed by atoms with Gasteiger partial charge in [0, 0.05) is 18.7 Å². The number of hydrogen-bond acceptors (Lipinski definition) is 3. The lowest BCUT2D eigenvalue weighted by molar-refractivity contribution is -0.137. The molecule has 0 aromatic heterocycles. The van der Waals surface area contributed by atoms with Crippen LogP contribution in [-0.4, -0.2) is 24.1 Å². The highest BCUT2D eigenvalue weighted by molar-refractivity contribution is 7.80. The Balaban J connectivity index is 1.81. The first-order chi connectivity index (χ1) is 13.7. The zero-order chi connectivity index (χ0) is 21.0. The first-order valence-electron chi connectivity index (χ1n) is 9.08. The predicted octanol–water partition coefficient (Wildman–Crippen LogP) is 4.96. The van der Waals surface area contributed by atoms with E-state index in [2.05, 4.69) is 10.6 Å². The van der Waals surface area contributed by atoms with Crippen LogP contribution in [0.2, 0.25) is 0 Å². The number of hydrogen-bond donors (Lipinski definition) is 2. The number of nitrogens with zero attached hydrogens (tertiary/aromatic N) is 1. The molecule has 0 saturated carbocycles. The maximum Gasteiger partial charge on any atom is 0.416 e. The number of anilines is 2. The first kappa shape index (κ1) is 21.0. The summed E-state index contributed by atoms with van der Waals surface area (Å²) in [6.45, 7) is 1.45. The number of carbonyl (C=O) groups excluding carboxylic acids is 1. The molecule has 0 unspecified atom stereocenters. The van der Waals surface area contributed by atoms with Crippen molar-refractivity contribution in [3.63, 3.8) is 0 Å². The Morgan fingerprint density at radius 2 is 1.76 bits per heavy atom. The maximum absolute atomic E-state index is 13.3. The Bertz CT molecular complexity index is 911. The minimum atomic E-state index is -4.51. The molecule has 0 atom stereocenters. The zero-order valence-electron chi connectivity index (χ0n) is 15.4. The molecular formula is C20H19F4N3OS. The molecule has 2 aromatic rings. The van der Waals surface area contributed by atoms with Gasteiger partial charge < -0.3 is 10.2 Å². The van der Waals surface area contributed by atoms with Gasteiger partial charge in [-0.3, -0.25) is 10.1 Å². The largest absolute Gasteiger partial charge is 0.416 e. The monoisotopic (exact) mass is 425 g/mol. The number of amides is 1. The highest BCUT2D eigenvalue weighted by Crippen LogP contribution is 2.36. The zero-order valence-corrected chi connectivity index (χ0v) is 16.2. The van der Waals surface area contributed by atoms with Crippen LogP contribution in [0.15, 0.2) is 42.5 Å². The van der Waals surface area contributed by atoms with Gasteiger partial charge in [-0.15, -0.1) is 0 Å². The summed E-state index contributed by atoms with van der Waals surface area (Å²) in [5, 5.41) is 4.91. The van der Waals surface area contributed by atoms with Gasteiger partial charge in [-0.25, -0.2) is 4.39 Å². The van der Waals surface area contributed by atoms with E-state index in [1.165, 1.54) is 24.3 Å². The van der Waals surface area contributed by atoms with Crippen molar-refractivity contribution in [3.8, 4) is 0 Å². The van der Waals surface area contributed by atoms with E-state index in [9.17, 15) is 22.4 Å². The maximum atomic E-state index is 13.3. The van der Waals surface area contributed by atoms with Gasteiger partial charge in [0.1, 0.15) is 5.82 Å². The van der Waals surface area contributed by atoms with Gasteiger partial charge in [0.05, 0.1) is 16.9 Å². The van der Waals surface area contributed by atoms with Crippen molar-refractivity contribution in [2.45, 2.75) is 25.4 Å². The molecule has 0 spiro atoms. The predicted molar refractivity (Wildman–Crippen MR) is 108 cm³/mol. The van der Waals surface area contributed by atoms with Gasteiger partial charge in [0.25, 0.3) is 5.91 Å². The van der Waals surface area contributed by atoms with E-state index in [4.69, 9.17) is 12.2 Å². The molecule has 2 aromatic carbocycles. The molecule has 3 rings (SSSR count). The van der Waals surface area contributed by atoms with Crippen molar-refractivity contribution in [1.29, 1.82) is 0 Å². The summed E-state index contributed by atoms with van der Waals surface area (Å²) in [5.41, 5.74) is -0.0271. The number of thiocarbonyl (C=S) groups is 1. The molecule has 2 N–H and O–H groups in total. The normalized spacial score (nSPS) is 14.4. The van der Waals surface area contributed by atoms with Gasteiger partial charge in [-0.05, 0) is 67.9 Å². The molecule has 154 valence electrons. The second kappa shape index (κ2) is 8.77. The van der Waals surface area contributed by atoms with E-state index in [1.54, 1.807) is 0 Å². The summed E-state index contributed by atoms with van der Waals surface area (Å²) in [6.07, 6.45) is -1.55. The van der Waals surface area contributed by atoms with Crippen LogP contribution >= 0.6 is 12.2 Å². The molecule has 1 amide bonds. The molecule has 1 saturated heterocycles. The molecule has 1 fully saturated rings. The Morgan fingerprint density at radius 1 is 1.03 bits per heavy atom. The number of piperidine rings is 1. The van der Waals surface area contributed by atoms with Crippen LogP contribution in [0.25, 0.3) is 0 Å². The third kappa shape index (κ3) is 5.44. The van der Waals surface area contributed by atoms with E-state index < -0.39 is 23.5 Å². The minimum Gasteiger partial charge on any atom is -0.370 e. The van der Waals surface area contributed by atoms with Gasteiger partial charge in [0.2, 0.25) is 0 Å². The Labute approximate surface area is 170 Å². The third-order valence-electron chi connectivity index (χ3n) is 4.58. The van der Waals surface area contributed by atoms with Crippen molar-refractivity contribution >= 4 is 34.6 Å². The minimum absolute atomic E-state index is 0.0504. The average molecular weight is 425 g/mol. The lowest BCUT2D eigenvalue weighted by atomic mass is 10.1. The van der Waals surface area contributed by atoms with E-state index in [0.717, 1.165) is 50.6 Å². The van der Waals surface area contributed by atoms with Crippen molar-refractivity contribution < 1.29 is 22.4 Å². The van der Waals surface area contributed by atoms with Gasteiger partial charge in [-0.1, -0.05) is 6.07 Å². The third-order valence-corrected chi connectivity index (χ3v) is 4.79. The summed E-state index contributed by atoms with van der Waals surface area (Å²) < 4.78 is 52.8. The van der Waals surface area contributed by atoms with Crippen molar-refractivity contribution in [1.82, 2.24) is 5.32 Å². The second-order valence-corrected chi connectivity index (χ2v) is 7.10. The fourth-order valence-electron chi connectivity index (χ4n) is 3.18. The van der Waals surface area contributed by atoms with Crippen LogP contribution in [0, 0.1) is 5.82 Å². The molecule has 1 aliphatic rings. The van der Waals surface area contributed by atoms with Crippen molar-refractivity contribution in [3.05, 3.63) is 59.4 Å². The van der Waals surface area contributed by atoms with Crippen LogP contribution in [0.1, 0.15) is 35.2 Å². The Morgan fingerprint density at radius 3 is 2.41 bits per heavy atom. The summed E-state index contributed by atoms with van der Waals surface area (Å²) in [6, 6.07) is 8.44. The summed E-state index contributed by atoms with van der Waals surface area (Å²) in [4.78, 5) is 14.2. The molecule has 0 radical (unpaired) electrons. The summed E-state index contributed by atoms with van der Waals surface area (Å²) in [7, 11) is 0. The SMILES string of the molecule is O=C(NC(=S)Nc1cc(C(F)(F)F)ccc1N1CCCCC1)c1cccc(F)c1. The van der Waals surface area contributed by atoms with Crippen molar-refractivity contribution in [2.24, 2.45) is 0 Å². The van der Waals surface area contributed by atoms with Crippen LogP contribution in [-0.2, 0) is 6.18 Å². The molecule has 1 aliphatic heterocycles. The van der Waals surface area contributed by atoms with Crippen LogP contribution in [0.5, 0.6) is 0 Å². The number of alkyl halides is 3. The highest BCUT2D eigenvalue weighted by atomic mass is 32.1. The molecular weight excluding hydrogens is 406 g/mol. The number of carbonyl (C=O) groups is 1. The molecule has 0 bridgehead atoms. The van der Waals surface area contributed by atoms with Crippen LogP contribution < -0.4 is 15.5 Å². The molecule has 0 aliphatic carbocycles. The van der Waals surface area contributed by atoms with Crippen LogP contribution in [0.4, 0.5) is 28.9 Å². The van der Waals surface area contributed by atoms with Gasteiger partial charge in [-0.2, -0.15) is 13.2 Å². The molecule has 1 heterocycles. The molecule has 4 nitrogen and oxygen atoms in total. The fraction of sp³-hybridized carbons (Fsp3) is 0.300. The van der Waals surface area contributed by atoms with E-state index >= 15 is 0 Å². The smallest absolute Gasteiger partial charge is 0.370 e. The van der Waals surface area contributed by atoms with E-state index in [1.807, 2.05) is 4.90 Å². The average Bonchev–Trinajstić information content (AvgIpc) is 2.68. The van der Waals surface area contributed by atoms with Gasteiger partial charge >= 0.3 is 6.18 Å². The number of nitrogens with one attached hydrogen (secondary N) is 2. The Kier molecular flexibility index (Phi) is 6.36. The lowest BCUT2D eigenvalue weighted by Gasteiger charge is -2.31. The number of benzene rings is 2. The number of halogens is 4. The second-order valence-electron chi connectivity index (χ2n) is 6.70. The molecule has 9 heteroatoms. The topological polar surface area (TPSA) is 44.4 Å². The highest BCUT2D eigenvalue weighted by Gasteiger charge is 2.31. The fourth-order valence-corrected chi connectivity index (χ4v) is 3.38. The standard InChI is InChI=1S/C20H19F4N3OS/c21-15-6-4-5-13(11-15)18(28)26-19(29)25-16-12-14(20(22,23)24)7-8-17(16)27-9-2-1-3-10-27/h4-8,11-12H,1-3,9-10H2,(H2,25,26,28,29). The summed E-state index contributed by atoms with van der Waals surface area (Å²) in [5.74, 6) is -1.24. The quantitative estimate of drug-likeness (QED) is 0.539. The first-order valence-corrected chi connectivity index (χ1v) is 9.49.